The van der Waals surface area contributed by atoms with Gasteiger partial charge in [0.25, 0.3) is 0 Å². The van der Waals surface area contributed by atoms with Crippen LogP contribution in [0.25, 0.3) is 11.3 Å². The molecule has 1 amide bonds. The lowest BCUT2D eigenvalue weighted by atomic mass is 10.0. The monoisotopic (exact) mass is 700 g/mol. The number of likely N-dealkylation sites (tertiary alicyclic amines) is 2. The molecule has 262 valence electrons. The van der Waals surface area contributed by atoms with Crippen LogP contribution in [0.15, 0.2) is 23.1 Å². The van der Waals surface area contributed by atoms with Gasteiger partial charge in [-0.1, -0.05) is 12.5 Å². The standard InChI is InChI=1S/C32H47F3N6O4S2/c1-3-45-31(42)36-25-10-17-39(18-11-25)15-7-16-41-28-12-19-40(47(2,43)44)23-26(28)30(37-41)24-8-9-27(32(33,34)35)29(22-24)46-21-20-38-13-5-4-6-14-38/h8-9,22,25H,3-7,10-21,23H2,1-2H3,(H,36,42). The largest absolute Gasteiger partial charge is 0.450 e. The minimum Gasteiger partial charge on any atom is -0.450 e. The first-order valence-corrected chi connectivity index (χ1v) is 19.5. The topological polar surface area (TPSA) is 100 Å². The van der Waals surface area contributed by atoms with Gasteiger partial charge in [0, 0.05) is 79.2 Å². The van der Waals surface area contributed by atoms with E-state index < -0.39 is 21.8 Å². The number of hydrogen-bond donors (Lipinski definition) is 1. The van der Waals surface area contributed by atoms with Crippen LogP contribution in [0.3, 0.4) is 0 Å². The molecule has 0 atom stereocenters. The smallest absolute Gasteiger partial charge is 0.417 e. The predicted octanol–water partition coefficient (Wildman–Crippen LogP) is 5.07. The number of sulfonamides is 1. The van der Waals surface area contributed by atoms with Gasteiger partial charge in [0.2, 0.25) is 10.0 Å². The molecule has 2 aromatic rings. The van der Waals surface area contributed by atoms with E-state index in [4.69, 9.17) is 9.84 Å². The summed E-state index contributed by atoms with van der Waals surface area (Å²) in [6.45, 7) is 8.46. The Labute approximate surface area is 280 Å². The third-order valence-corrected chi connectivity index (χ3v) is 11.6. The van der Waals surface area contributed by atoms with Gasteiger partial charge in [0.05, 0.1) is 24.1 Å². The van der Waals surface area contributed by atoms with Crippen LogP contribution in [0.2, 0.25) is 0 Å². The zero-order valence-electron chi connectivity index (χ0n) is 27.4. The third kappa shape index (κ3) is 9.64. The number of aromatic nitrogens is 2. The summed E-state index contributed by atoms with van der Waals surface area (Å²) in [6.07, 6.45) is 2.75. The van der Waals surface area contributed by atoms with Crippen molar-refractivity contribution in [2.45, 2.75) is 82.1 Å². The highest BCUT2D eigenvalue weighted by Crippen LogP contribution is 2.40. The van der Waals surface area contributed by atoms with Gasteiger partial charge in [-0.05, 0) is 70.8 Å². The van der Waals surface area contributed by atoms with E-state index in [0.717, 1.165) is 88.7 Å². The molecule has 0 aliphatic carbocycles. The van der Waals surface area contributed by atoms with E-state index in [1.807, 2.05) is 4.68 Å². The number of carbonyl (C=O) groups excluding carboxylic acids is 1. The highest BCUT2D eigenvalue weighted by molar-refractivity contribution is 7.99. The maximum Gasteiger partial charge on any atom is 0.417 e. The second-order valence-electron chi connectivity index (χ2n) is 12.6. The Hall–Kier alpha value is -2.33. The van der Waals surface area contributed by atoms with Gasteiger partial charge < -0.3 is 19.9 Å². The molecular weight excluding hydrogens is 654 g/mol. The summed E-state index contributed by atoms with van der Waals surface area (Å²) in [5, 5.41) is 7.84. The number of fused-ring (bicyclic) bond motifs is 1. The van der Waals surface area contributed by atoms with E-state index in [1.165, 1.54) is 34.8 Å². The number of halogens is 3. The van der Waals surface area contributed by atoms with Crippen molar-refractivity contribution in [1.29, 1.82) is 0 Å². The van der Waals surface area contributed by atoms with Crippen molar-refractivity contribution < 1.29 is 31.1 Å². The molecule has 10 nitrogen and oxygen atoms in total. The van der Waals surface area contributed by atoms with Crippen molar-refractivity contribution in [3.63, 3.8) is 0 Å². The Morgan fingerprint density at radius 2 is 1.77 bits per heavy atom. The Balaban J connectivity index is 1.31. The van der Waals surface area contributed by atoms with E-state index in [2.05, 4.69) is 15.1 Å². The number of ether oxygens (including phenoxy) is 1. The van der Waals surface area contributed by atoms with Crippen molar-refractivity contribution in [3.8, 4) is 11.3 Å². The molecule has 2 fully saturated rings. The number of carbonyl (C=O) groups is 1. The van der Waals surface area contributed by atoms with Gasteiger partial charge in [-0.15, -0.1) is 11.8 Å². The minimum atomic E-state index is -4.48. The van der Waals surface area contributed by atoms with Crippen molar-refractivity contribution in [1.82, 2.24) is 29.2 Å². The van der Waals surface area contributed by atoms with Crippen LogP contribution in [0.5, 0.6) is 0 Å². The van der Waals surface area contributed by atoms with Crippen molar-refractivity contribution >= 4 is 27.9 Å². The van der Waals surface area contributed by atoms with Crippen LogP contribution < -0.4 is 5.32 Å². The van der Waals surface area contributed by atoms with E-state index in [0.29, 0.717) is 43.1 Å². The molecule has 1 aromatic carbocycles. The zero-order valence-corrected chi connectivity index (χ0v) is 29.0. The number of rotatable bonds is 12. The maximum absolute atomic E-state index is 14.1. The van der Waals surface area contributed by atoms with Crippen molar-refractivity contribution in [2.75, 3.05) is 64.4 Å². The van der Waals surface area contributed by atoms with Gasteiger partial charge in [0.15, 0.2) is 0 Å². The molecule has 2 saturated heterocycles. The molecule has 0 unspecified atom stereocenters. The van der Waals surface area contributed by atoms with E-state index in [9.17, 15) is 26.4 Å². The molecule has 0 spiro atoms. The summed E-state index contributed by atoms with van der Waals surface area (Å²) in [7, 11) is -3.46. The number of amides is 1. The van der Waals surface area contributed by atoms with Crippen LogP contribution >= 0.6 is 11.8 Å². The summed E-state index contributed by atoms with van der Waals surface area (Å²) in [6, 6.07) is 4.30. The van der Waals surface area contributed by atoms with Gasteiger partial charge in [-0.3, -0.25) is 4.68 Å². The first-order chi connectivity index (χ1) is 22.4. The Morgan fingerprint density at radius 1 is 1.04 bits per heavy atom. The average Bonchev–Trinajstić information content (AvgIpc) is 3.39. The lowest BCUT2D eigenvalue weighted by molar-refractivity contribution is -0.139. The molecule has 5 rings (SSSR count). The third-order valence-electron chi connectivity index (χ3n) is 9.27. The number of nitrogens with zero attached hydrogens (tertiary/aromatic N) is 5. The number of nitrogens with one attached hydrogen (secondary N) is 1. The molecule has 3 aliphatic rings. The van der Waals surface area contributed by atoms with E-state index >= 15 is 0 Å². The first-order valence-electron chi connectivity index (χ1n) is 16.7. The van der Waals surface area contributed by atoms with Gasteiger partial charge in [-0.25, -0.2) is 13.2 Å². The summed E-state index contributed by atoms with van der Waals surface area (Å²) in [5.74, 6) is 0.553. The van der Waals surface area contributed by atoms with Crippen LogP contribution in [-0.2, 0) is 40.4 Å². The lowest BCUT2D eigenvalue weighted by Gasteiger charge is -2.32. The molecule has 1 N–H and O–H groups in total. The summed E-state index contributed by atoms with van der Waals surface area (Å²) >= 11 is 1.22. The molecule has 1 aromatic heterocycles. The fourth-order valence-corrected chi connectivity index (χ4v) is 8.65. The fraction of sp³-hybridized carbons (Fsp3) is 0.688. The van der Waals surface area contributed by atoms with Gasteiger partial charge >= 0.3 is 12.3 Å². The maximum atomic E-state index is 14.1. The Bertz CT molecular complexity index is 1470. The highest BCUT2D eigenvalue weighted by Gasteiger charge is 2.35. The van der Waals surface area contributed by atoms with Crippen molar-refractivity contribution in [3.05, 3.63) is 35.0 Å². The first kappa shape index (κ1) is 36.0. The van der Waals surface area contributed by atoms with Crippen LogP contribution in [0, 0.1) is 0 Å². The molecule has 0 radical (unpaired) electrons. The number of benzene rings is 1. The van der Waals surface area contributed by atoms with Gasteiger partial charge in [-0.2, -0.15) is 22.6 Å². The average molecular weight is 701 g/mol. The minimum absolute atomic E-state index is 0.0975. The second-order valence-corrected chi connectivity index (χ2v) is 15.8. The molecule has 47 heavy (non-hydrogen) atoms. The summed E-state index contributed by atoms with van der Waals surface area (Å²) in [4.78, 5) is 16.6. The fourth-order valence-electron chi connectivity index (χ4n) is 6.74. The number of piperidine rings is 2. The summed E-state index contributed by atoms with van der Waals surface area (Å²) < 4.78 is 75.6. The number of alkyl carbamates (subject to hydrolysis) is 1. The lowest BCUT2D eigenvalue weighted by Crippen LogP contribution is -2.45. The van der Waals surface area contributed by atoms with Crippen LogP contribution in [-0.4, -0.2) is 109 Å². The second kappa shape index (κ2) is 15.9. The Morgan fingerprint density at radius 3 is 2.45 bits per heavy atom. The molecule has 3 aliphatic heterocycles. The van der Waals surface area contributed by atoms with Crippen LogP contribution in [0.4, 0.5) is 18.0 Å². The number of aryl methyl sites for hydroxylation is 1. The number of alkyl halides is 3. The quantitative estimate of drug-likeness (QED) is 0.307. The summed E-state index contributed by atoms with van der Waals surface area (Å²) in [5.41, 5.74) is 2.16. The van der Waals surface area contributed by atoms with Gasteiger partial charge in [0.1, 0.15) is 0 Å². The van der Waals surface area contributed by atoms with Crippen molar-refractivity contribution in [2.24, 2.45) is 0 Å². The molecular formula is C32H47F3N6O4S2. The number of hydrogen-bond acceptors (Lipinski definition) is 8. The predicted molar refractivity (Wildman–Crippen MR) is 177 cm³/mol. The Kier molecular flexibility index (Phi) is 12.2. The number of thioether (sulfide) groups is 1. The molecule has 0 bridgehead atoms. The van der Waals surface area contributed by atoms with Crippen LogP contribution in [0.1, 0.15) is 62.3 Å². The molecule has 0 saturated carbocycles. The van der Waals surface area contributed by atoms with E-state index in [1.54, 1.807) is 13.0 Å². The molecule has 4 heterocycles. The van der Waals surface area contributed by atoms with E-state index in [-0.39, 0.29) is 23.6 Å². The highest BCUT2D eigenvalue weighted by atomic mass is 32.2. The SMILES string of the molecule is CCOC(=O)NC1CCN(CCCn2nc(-c3ccc(C(F)(F)F)c(SCCN4CCCCC4)c3)c3c2CCN(S(C)(=O)=O)C3)CC1. The molecule has 15 heteroatoms. The normalized spacial score (nSPS) is 19.1. The zero-order chi connectivity index (χ0) is 33.6.